The lowest BCUT2D eigenvalue weighted by atomic mass is 10.2. The van der Waals surface area contributed by atoms with Crippen LogP contribution in [0, 0.1) is 10.5 Å². The van der Waals surface area contributed by atoms with Gasteiger partial charge in [-0.3, -0.25) is 0 Å². The number of aryl methyl sites for hydroxylation is 1. The third kappa shape index (κ3) is 3.04. The first kappa shape index (κ1) is 12.9. The third-order valence-electron chi connectivity index (χ3n) is 2.54. The molecule has 0 spiro atoms. The number of carbonyl (C=O) groups is 1. The molecule has 0 amide bonds. The van der Waals surface area contributed by atoms with E-state index in [1.165, 1.54) is 15.9 Å². The van der Waals surface area contributed by atoms with Crippen molar-refractivity contribution in [3.8, 4) is 0 Å². The Labute approximate surface area is 118 Å². The Morgan fingerprint density at radius 1 is 1.44 bits per heavy atom. The number of furan rings is 1. The van der Waals surface area contributed by atoms with Crippen LogP contribution in [0.5, 0.6) is 0 Å². The van der Waals surface area contributed by atoms with Crippen LogP contribution in [0.15, 0.2) is 34.9 Å². The number of hydrogen-bond acceptors (Lipinski definition) is 3. The van der Waals surface area contributed by atoms with Crippen LogP contribution in [0.2, 0.25) is 0 Å². The average Bonchev–Trinajstić information content (AvgIpc) is 2.76. The highest BCUT2D eigenvalue weighted by Gasteiger charge is 2.08. The van der Waals surface area contributed by atoms with Crippen LogP contribution in [-0.2, 0) is 6.54 Å². The summed E-state index contributed by atoms with van der Waals surface area (Å²) in [6.07, 6.45) is 1.25. The summed E-state index contributed by atoms with van der Waals surface area (Å²) in [5.41, 5.74) is 2.33. The van der Waals surface area contributed by atoms with Crippen LogP contribution in [0.1, 0.15) is 21.7 Å². The van der Waals surface area contributed by atoms with Gasteiger partial charge in [0, 0.05) is 9.26 Å². The molecule has 0 saturated heterocycles. The van der Waals surface area contributed by atoms with Crippen molar-refractivity contribution in [2.45, 2.75) is 13.5 Å². The topological polar surface area (TPSA) is 62.5 Å². The Morgan fingerprint density at radius 2 is 2.22 bits per heavy atom. The van der Waals surface area contributed by atoms with Gasteiger partial charge in [0.05, 0.1) is 12.1 Å². The Bertz CT molecular complexity index is 577. The molecule has 2 aromatic rings. The van der Waals surface area contributed by atoms with E-state index in [1.54, 1.807) is 0 Å². The molecule has 0 aliphatic heterocycles. The summed E-state index contributed by atoms with van der Waals surface area (Å²) in [7, 11) is 0. The lowest BCUT2D eigenvalue weighted by Gasteiger charge is -2.08. The zero-order valence-corrected chi connectivity index (χ0v) is 11.9. The van der Waals surface area contributed by atoms with Crippen LogP contribution in [-0.4, -0.2) is 11.1 Å². The normalized spacial score (nSPS) is 10.3. The van der Waals surface area contributed by atoms with Gasteiger partial charge in [0.15, 0.2) is 0 Å². The molecule has 1 aromatic carbocycles. The molecule has 0 saturated carbocycles. The van der Waals surface area contributed by atoms with Gasteiger partial charge in [-0.2, -0.15) is 0 Å². The first-order chi connectivity index (χ1) is 8.56. The molecular weight excluding hydrogens is 345 g/mol. The van der Waals surface area contributed by atoms with Crippen molar-refractivity contribution >= 4 is 34.2 Å². The monoisotopic (exact) mass is 357 g/mol. The Morgan fingerprint density at radius 3 is 2.83 bits per heavy atom. The van der Waals surface area contributed by atoms with Crippen LogP contribution in [0.3, 0.4) is 0 Å². The molecule has 4 nitrogen and oxygen atoms in total. The Hall–Kier alpha value is -1.50. The fourth-order valence-electron chi connectivity index (χ4n) is 1.59. The van der Waals surface area contributed by atoms with Crippen LogP contribution >= 0.6 is 22.6 Å². The summed E-state index contributed by atoms with van der Waals surface area (Å²) < 4.78 is 6.35. The van der Waals surface area contributed by atoms with E-state index in [2.05, 4.69) is 34.0 Å². The van der Waals surface area contributed by atoms with Gasteiger partial charge in [-0.15, -0.1) is 0 Å². The molecule has 0 unspecified atom stereocenters. The van der Waals surface area contributed by atoms with E-state index in [-0.39, 0.29) is 5.56 Å². The summed E-state index contributed by atoms with van der Waals surface area (Å²) in [5.74, 6) is -0.374. The summed E-state index contributed by atoms with van der Waals surface area (Å²) in [6, 6.07) is 7.62. The fraction of sp³-hybridized carbons (Fsp3) is 0.154. The van der Waals surface area contributed by atoms with Gasteiger partial charge in [-0.1, -0.05) is 0 Å². The number of rotatable bonds is 4. The Balaban J connectivity index is 2.04. The molecule has 0 aliphatic rings. The van der Waals surface area contributed by atoms with Crippen molar-refractivity contribution in [2.24, 2.45) is 0 Å². The quantitative estimate of drug-likeness (QED) is 0.823. The number of carboxylic acids is 1. The molecule has 2 rings (SSSR count). The standard InChI is InChI=1S/C13H12INO3/c1-8-4-10(14)2-3-12(8)15-6-11-5-9(7-18-11)13(16)17/h2-5,7,15H,6H2,1H3,(H,16,17). The van der Waals surface area contributed by atoms with Crippen LogP contribution in [0.4, 0.5) is 5.69 Å². The van der Waals surface area contributed by atoms with Crippen molar-refractivity contribution in [2.75, 3.05) is 5.32 Å². The molecule has 0 atom stereocenters. The molecule has 18 heavy (non-hydrogen) atoms. The molecule has 94 valence electrons. The second kappa shape index (κ2) is 5.43. The van der Waals surface area contributed by atoms with Crippen molar-refractivity contribution in [1.29, 1.82) is 0 Å². The van der Waals surface area contributed by atoms with Gasteiger partial charge in [0.25, 0.3) is 0 Å². The van der Waals surface area contributed by atoms with E-state index in [4.69, 9.17) is 9.52 Å². The van der Waals surface area contributed by atoms with Gasteiger partial charge in [0.2, 0.25) is 0 Å². The highest BCUT2D eigenvalue weighted by atomic mass is 127. The molecular formula is C13H12INO3. The minimum absolute atomic E-state index is 0.172. The van der Waals surface area contributed by atoms with Crippen LogP contribution < -0.4 is 5.32 Å². The first-order valence-corrected chi connectivity index (χ1v) is 6.45. The van der Waals surface area contributed by atoms with Gasteiger partial charge < -0.3 is 14.8 Å². The van der Waals surface area contributed by atoms with E-state index in [9.17, 15) is 4.79 Å². The zero-order chi connectivity index (χ0) is 13.1. The number of benzene rings is 1. The number of hydrogen-bond donors (Lipinski definition) is 2. The highest BCUT2D eigenvalue weighted by molar-refractivity contribution is 14.1. The van der Waals surface area contributed by atoms with E-state index < -0.39 is 5.97 Å². The number of nitrogens with one attached hydrogen (secondary N) is 1. The zero-order valence-electron chi connectivity index (χ0n) is 9.74. The predicted molar refractivity (Wildman–Crippen MR) is 76.9 cm³/mol. The maximum Gasteiger partial charge on any atom is 0.338 e. The maximum atomic E-state index is 10.7. The van der Waals surface area contributed by atoms with Gasteiger partial charge in [-0.05, 0) is 59.3 Å². The van der Waals surface area contributed by atoms with Gasteiger partial charge >= 0.3 is 5.97 Å². The minimum Gasteiger partial charge on any atom is -0.478 e. The molecule has 0 bridgehead atoms. The number of anilines is 1. The Kier molecular flexibility index (Phi) is 3.90. The smallest absolute Gasteiger partial charge is 0.338 e. The minimum atomic E-state index is -0.976. The van der Waals surface area contributed by atoms with E-state index in [0.29, 0.717) is 12.3 Å². The summed E-state index contributed by atoms with van der Waals surface area (Å²) in [6.45, 7) is 2.49. The molecule has 1 heterocycles. The lowest BCUT2D eigenvalue weighted by molar-refractivity contribution is 0.0696. The average molecular weight is 357 g/mol. The van der Waals surface area contributed by atoms with Gasteiger partial charge in [-0.25, -0.2) is 4.79 Å². The van der Waals surface area contributed by atoms with Crippen molar-refractivity contribution in [3.63, 3.8) is 0 Å². The first-order valence-electron chi connectivity index (χ1n) is 5.37. The largest absolute Gasteiger partial charge is 0.478 e. The van der Waals surface area contributed by atoms with E-state index in [0.717, 1.165) is 11.3 Å². The molecule has 0 radical (unpaired) electrons. The molecule has 1 aromatic heterocycles. The lowest BCUT2D eigenvalue weighted by Crippen LogP contribution is -2.00. The van der Waals surface area contributed by atoms with Crippen molar-refractivity contribution in [1.82, 2.24) is 0 Å². The summed E-state index contributed by atoms with van der Waals surface area (Å²) in [5, 5.41) is 12.0. The summed E-state index contributed by atoms with van der Waals surface area (Å²) in [4.78, 5) is 10.7. The van der Waals surface area contributed by atoms with Crippen LogP contribution in [0.25, 0.3) is 0 Å². The summed E-state index contributed by atoms with van der Waals surface area (Å²) >= 11 is 2.26. The number of carboxylic acid groups (broad SMARTS) is 1. The van der Waals surface area contributed by atoms with E-state index in [1.807, 2.05) is 19.1 Å². The number of halogens is 1. The molecule has 0 fully saturated rings. The second-order valence-electron chi connectivity index (χ2n) is 3.92. The third-order valence-corrected chi connectivity index (χ3v) is 3.21. The maximum absolute atomic E-state index is 10.7. The molecule has 5 heteroatoms. The highest BCUT2D eigenvalue weighted by Crippen LogP contribution is 2.19. The fourth-order valence-corrected chi connectivity index (χ4v) is 2.24. The van der Waals surface area contributed by atoms with Gasteiger partial charge in [0.1, 0.15) is 12.0 Å². The SMILES string of the molecule is Cc1cc(I)ccc1NCc1cc(C(=O)O)co1. The predicted octanol–water partition coefficient (Wildman–Crippen LogP) is 3.50. The second-order valence-corrected chi connectivity index (χ2v) is 5.17. The van der Waals surface area contributed by atoms with Crippen molar-refractivity contribution in [3.05, 3.63) is 51.0 Å². The number of aromatic carboxylic acids is 1. The molecule has 0 aliphatic carbocycles. The van der Waals surface area contributed by atoms with Crippen molar-refractivity contribution < 1.29 is 14.3 Å². The molecule has 2 N–H and O–H groups in total. The van der Waals surface area contributed by atoms with E-state index >= 15 is 0 Å².